The molecule has 4 heteroatoms. The molecule has 0 aliphatic heterocycles. The first-order valence-corrected chi connectivity index (χ1v) is 3.09. The normalized spacial score (nSPS) is 9.80. The van der Waals surface area contributed by atoms with Gasteiger partial charge in [0.1, 0.15) is 5.82 Å². The minimum atomic E-state index is -0.449. The molecule has 0 atom stereocenters. The molecule has 0 amide bonds. The quantitative estimate of drug-likeness (QED) is 0.393. The number of hydrogen-bond donors (Lipinski definition) is 3. The van der Waals surface area contributed by atoms with Crippen LogP contribution >= 0.6 is 12.6 Å². The van der Waals surface area contributed by atoms with Crippen molar-refractivity contribution in [3.63, 3.8) is 0 Å². The zero-order chi connectivity index (χ0) is 7.72. The van der Waals surface area contributed by atoms with Crippen molar-refractivity contribution in [2.75, 3.05) is 11.5 Å². The highest BCUT2D eigenvalue weighted by atomic mass is 32.1. The number of halogens is 1. The van der Waals surface area contributed by atoms with Crippen LogP contribution in [0.15, 0.2) is 17.0 Å². The molecular formula is C6H7FN2S. The minimum absolute atomic E-state index is 0.215. The Balaban J connectivity index is 3.28. The number of benzene rings is 1. The lowest BCUT2D eigenvalue weighted by Crippen LogP contribution is -1.95. The summed E-state index contributed by atoms with van der Waals surface area (Å²) in [4.78, 5) is 0.215. The second-order valence-electron chi connectivity index (χ2n) is 1.93. The molecule has 0 aliphatic rings. The lowest BCUT2D eigenvalue weighted by Gasteiger charge is -2.00. The van der Waals surface area contributed by atoms with Crippen LogP contribution < -0.4 is 11.5 Å². The van der Waals surface area contributed by atoms with E-state index in [2.05, 4.69) is 12.6 Å². The third-order valence-corrected chi connectivity index (χ3v) is 1.50. The summed E-state index contributed by atoms with van der Waals surface area (Å²) in [6, 6.07) is 2.53. The molecule has 4 N–H and O–H groups in total. The van der Waals surface area contributed by atoms with Gasteiger partial charge in [-0.3, -0.25) is 0 Å². The lowest BCUT2D eigenvalue weighted by molar-refractivity contribution is 0.604. The fourth-order valence-electron chi connectivity index (χ4n) is 0.593. The Morgan fingerprint density at radius 1 is 1.20 bits per heavy atom. The van der Waals surface area contributed by atoms with E-state index in [4.69, 9.17) is 11.5 Å². The topological polar surface area (TPSA) is 52.0 Å². The fraction of sp³-hybridized carbons (Fsp3) is 0. The summed E-state index contributed by atoms with van der Waals surface area (Å²) in [5, 5.41) is 0. The number of rotatable bonds is 0. The Morgan fingerprint density at radius 3 is 2.20 bits per heavy atom. The van der Waals surface area contributed by atoms with Crippen LogP contribution in [0.2, 0.25) is 0 Å². The van der Waals surface area contributed by atoms with Crippen LogP contribution in [-0.4, -0.2) is 0 Å². The predicted molar refractivity (Wildman–Crippen MR) is 42.5 cm³/mol. The van der Waals surface area contributed by atoms with Gasteiger partial charge in [-0.15, -0.1) is 12.6 Å². The van der Waals surface area contributed by atoms with Gasteiger partial charge in [0, 0.05) is 11.0 Å². The smallest absolute Gasteiger partial charge is 0.138 e. The zero-order valence-electron chi connectivity index (χ0n) is 5.13. The van der Waals surface area contributed by atoms with E-state index >= 15 is 0 Å². The van der Waals surface area contributed by atoms with Gasteiger partial charge in [-0.05, 0) is 6.07 Å². The lowest BCUT2D eigenvalue weighted by atomic mass is 10.3. The number of hydrogen-bond acceptors (Lipinski definition) is 3. The van der Waals surface area contributed by atoms with Crippen LogP contribution in [-0.2, 0) is 0 Å². The van der Waals surface area contributed by atoms with E-state index in [9.17, 15) is 4.39 Å². The first-order valence-electron chi connectivity index (χ1n) is 2.64. The Morgan fingerprint density at radius 2 is 1.70 bits per heavy atom. The molecule has 0 heterocycles. The monoisotopic (exact) mass is 158 g/mol. The molecule has 0 saturated heterocycles. The maximum Gasteiger partial charge on any atom is 0.138 e. The van der Waals surface area contributed by atoms with Crippen LogP contribution in [0, 0.1) is 5.82 Å². The van der Waals surface area contributed by atoms with Gasteiger partial charge in [-0.25, -0.2) is 4.39 Å². The fourth-order valence-corrected chi connectivity index (χ4v) is 0.797. The first-order chi connectivity index (χ1) is 4.61. The standard InChI is InChI=1S/C6H7FN2S/c7-3-1-4(8)5(9)2-6(3)10/h1-2,10H,8-9H2. The zero-order valence-corrected chi connectivity index (χ0v) is 6.03. The van der Waals surface area contributed by atoms with Crippen molar-refractivity contribution in [3.8, 4) is 0 Å². The molecule has 0 unspecified atom stereocenters. The highest BCUT2D eigenvalue weighted by Gasteiger charge is 2.00. The minimum Gasteiger partial charge on any atom is -0.397 e. The van der Waals surface area contributed by atoms with Crippen molar-refractivity contribution in [1.82, 2.24) is 0 Å². The molecule has 2 nitrogen and oxygen atoms in total. The summed E-state index contributed by atoms with van der Waals surface area (Å²) in [5.41, 5.74) is 11.2. The van der Waals surface area contributed by atoms with E-state index < -0.39 is 5.82 Å². The predicted octanol–water partition coefficient (Wildman–Crippen LogP) is 1.28. The van der Waals surface area contributed by atoms with Crippen molar-refractivity contribution in [3.05, 3.63) is 17.9 Å². The molecule has 0 aliphatic carbocycles. The van der Waals surface area contributed by atoms with Crippen molar-refractivity contribution in [2.45, 2.75) is 4.90 Å². The van der Waals surface area contributed by atoms with Crippen molar-refractivity contribution in [2.24, 2.45) is 0 Å². The molecular weight excluding hydrogens is 151 g/mol. The van der Waals surface area contributed by atoms with Crippen LogP contribution in [0.25, 0.3) is 0 Å². The van der Waals surface area contributed by atoms with E-state index in [-0.39, 0.29) is 10.6 Å². The van der Waals surface area contributed by atoms with Gasteiger partial charge in [0.15, 0.2) is 0 Å². The van der Waals surface area contributed by atoms with E-state index in [1.165, 1.54) is 6.07 Å². The molecule has 0 spiro atoms. The van der Waals surface area contributed by atoms with Gasteiger partial charge in [0.25, 0.3) is 0 Å². The Hall–Kier alpha value is -0.900. The molecule has 1 aromatic carbocycles. The molecule has 10 heavy (non-hydrogen) atoms. The van der Waals surface area contributed by atoms with E-state index in [0.717, 1.165) is 6.07 Å². The van der Waals surface area contributed by atoms with Crippen LogP contribution in [0.5, 0.6) is 0 Å². The van der Waals surface area contributed by atoms with Crippen molar-refractivity contribution >= 4 is 24.0 Å². The highest BCUT2D eigenvalue weighted by molar-refractivity contribution is 7.80. The number of nitrogen functional groups attached to an aromatic ring is 2. The van der Waals surface area contributed by atoms with Gasteiger partial charge in [-0.1, -0.05) is 0 Å². The molecule has 0 saturated carbocycles. The van der Waals surface area contributed by atoms with E-state index in [1.807, 2.05) is 0 Å². The van der Waals surface area contributed by atoms with Gasteiger partial charge in [0.2, 0.25) is 0 Å². The molecule has 0 radical (unpaired) electrons. The number of thiol groups is 1. The second-order valence-corrected chi connectivity index (χ2v) is 2.41. The Bertz CT molecular complexity index is 212. The first kappa shape index (κ1) is 7.21. The summed E-state index contributed by atoms with van der Waals surface area (Å²) < 4.78 is 12.5. The average molecular weight is 158 g/mol. The molecule has 0 aromatic heterocycles. The van der Waals surface area contributed by atoms with Gasteiger partial charge >= 0.3 is 0 Å². The summed E-state index contributed by atoms with van der Waals surface area (Å²) in [7, 11) is 0. The van der Waals surface area contributed by atoms with Gasteiger partial charge in [-0.2, -0.15) is 0 Å². The number of nitrogens with two attached hydrogens (primary N) is 2. The Labute approximate surface area is 63.4 Å². The van der Waals surface area contributed by atoms with Gasteiger partial charge < -0.3 is 11.5 Å². The molecule has 54 valence electrons. The van der Waals surface area contributed by atoms with E-state index in [1.54, 1.807) is 0 Å². The van der Waals surface area contributed by atoms with Crippen LogP contribution in [0.1, 0.15) is 0 Å². The summed E-state index contributed by atoms with van der Waals surface area (Å²) in [6.07, 6.45) is 0. The maximum atomic E-state index is 12.5. The SMILES string of the molecule is Nc1cc(F)c(S)cc1N. The third kappa shape index (κ3) is 1.16. The largest absolute Gasteiger partial charge is 0.397 e. The van der Waals surface area contributed by atoms with Crippen molar-refractivity contribution < 1.29 is 4.39 Å². The highest BCUT2D eigenvalue weighted by Crippen LogP contribution is 2.21. The Kier molecular flexibility index (Phi) is 1.72. The van der Waals surface area contributed by atoms with Crippen LogP contribution in [0.3, 0.4) is 0 Å². The van der Waals surface area contributed by atoms with Crippen LogP contribution in [0.4, 0.5) is 15.8 Å². The summed E-state index contributed by atoms with van der Waals surface area (Å²) in [5.74, 6) is -0.449. The third-order valence-electron chi connectivity index (χ3n) is 1.15. The maximum absolute atomic E-state index is 12.5. The molecule has 0 fully saturated rings. The average Bonchev–Trinajstić information content (AvgIpc) is 1.84. The molecule has 1 aromatic rings. The van der Waals surface area contributed by atoms with Gasteiger partial charge in [0.05, 0.1) is 11.4 Å². The molecule has 0 bridgehead atoms. The molecule has 1 rings (SSSR count). The van der Waals surface area contributed by atoms with E-state index in [0.29, 0.717) is 5.69 Å². The number of anilines is 2. The summed E-state index contributed by atoms with van der Waals surface area (Å²) >= 11 is 3.80. The second kappa shape index (κ2) is 2.38. The van der Waals surface area contributed by atoms with Crippen molar-refractivity contribution in [1.29, 1.82) is 0 Å². The summed E-state index contributed by atoms with van der Waals surface area (Å²) in [6.45, 7) is 0.